The second kappa shape index (κ2) is 5.74. The van der Waals surface area contributed by atoms with Crippen LogP contribution in [0.2, 0.25) is 0 Å². The van der Waals surface area contributed by atoms with Gasteiger partial charge >= 0.3 is 0 Å². The Morgan fingerprint density at radius 3 is 3.05 bits per heavy atom. The summed E-state index contributed by atoms with van der Waals surface area (Å²) in [4.78, 5) is 12.1. The number of amides is 1. The van der Waals surface area contributed by atoms with Gasteiger partial charge in [-0.1, -0.05) is 12.1 Å². The van der Waals surface area contributed by atoms with Crippen molar-refractivity contribution >= 4 is 11.6 Å². The van der Waals surface area contributed by atoms with Gasteiger partial charge in [0, 0.05) is 12.1 Å². The molecular weight excluding hydrogens is 236 g/mol. The van der Waals surface area contributed by atoms with Crippen molar-refractivity contribution in [1.82, 2.24) is 5.32 Å². The fourth-order valence-corrected chi connectivity index (χ4v) is 3.25. The molecular formula is C16H22N2O. The van der Waals surface area contributed by atoms with Crippen LogP contribution in [0.25, 0.3) is 0 Å². The van der Waals surface area contributed by atoms with Crippen molar-refractivity contribution in [3.05, 3.63) is 29.3 Å². The van der Waals surface area contributed by atoms with Gasteiger partial charge in [0.05, 0.1) is 0 Å². The minimum atomic E-state index is 0.174. The summed E-state index contributed by atoms with van der Waals surface area (Å²) in [5.41, 5.74) is 3.84. The summed E-state index contributed by atoms with van der Waals surface area (Å²) in [7, 11) is 0. The number of hydrogen-bond acceptors (Lipinski definition) is 2. The molecule has 3 rings (SSSR count). The van der Waals surface area contributed by atoms with Gasteiger partial charge < -0.3 is 10.6 Å². The van der Waals surface area contributed by atoms with E-state index in [0.717, 1.165) is 38.0 Å². The molecule has 2 aliphatic rings. The maximum atomic E-state index is 12.1. The van der Waals surface area contributed by atoms with Crippen LogP contribution in [0.15, 0.2) is 18.2 Å². The van der Waals surface area contributed by atoms with Crippen molar-refractivity contribution in [3.63, 3.8) is 0 Å². The lowest BCUT2D eigenvalue weighted by Gasteiger charge is -2.20. The quantitative estimate of drug-likeness (QED) is 0.874. The molecule has 102 valence electrons. The number of carbonyl (C=O) groups excluding carboxylic acids is 1. The van der Waals surface area contributed by atoms with Crippen molar-refractivity contribution in [2.24, 2.45) is 5.92 Å². The van der Waals surface area contributed by atoms with E-state index in [2.05, 4.69) is 28.8 Å². The highest BCUT2D eigenvalue weighted by Gasteiger charge is 2.19. The maximum Gasteiger partial charge on any atom is 0.224 e. The fourth-order valence-electron chi connectivity index (χ4n) is 3.25. The first kappa shape index (κ1) is 12.7. The Morgan fingerprint density at radius 1 is 1.32 bits per heavy atom. The Kier molecular flexibility index (Phi) is 3.83. The van der Waals surface area contributed by atoms with Crippen LogP contribution in [0.5, 0.6) is 0 Å². The molecule has 1 aliphatic carbocycles. The van der Waals surface area contributed by atoms with E-state index in [9.17, 15) is 4.79 Å². The van der Waals surface area contributed by atoms with Crippen LogP contribution in [0.3, 0.4) is 0 Å². The number of hydrogen-bond donors (Lipinski definition) is 2. The molecule has 1 atom stereocenters. The molecule has 3 heteroatoms. The molecule has 1 aromatic carbocycles. The molecule has 1 fully saturated rings. The van der Waals surface area contributed by atoms with E-state index in [4.69, 9.17) is 0 Å². The summed E-state index contributed by atoms with van der Waals surface area (Å²) < 4.78 is 0. The van der Waals surface area contributed by atoms with Crippen molar-refractivity contribution in [3.8, 4) is 0 Å². The predicted octanol–water partition coefficient (Wildman–Crippen LogP) is 2.50. The van der Waals surface area contributed by atoms with Gasteiger partial charge in [0.25, 0.3) is 0 Å². The van der Waals surface area contributed by atoms with Crippen LogP contribution in [0.1, 0.15) is 36.8 Å². The van der Waals surface area contributed by atoms with Crippen LogP contribution in [-0.2, 0) is 17.6 Å². The third-order valence-corrected chi connectivity index (χ3v) is 4.31. The molecule has 1 heterocycles. The summed E-state index contributed by atoms with van der Waals surface area (Å²) in [6, 6.07) is 6.32. The van der Waals surface area contributed by atoms with E-state index in [1.807, 2.05) is 0 Å². The second-order valence-corrected chi connectivity index (χ2v) is 5.76. The molecule has 1 aromatic rings. The number of nitrogens with one attached hydrogen (secondary N) is 2. The van der Waals surface area contributed by atoms with Crippen LogP contribution >= 0.6 is 0 Å². The smallest absolute Gasteiger partial charge is 0.224 e. The summed E-state index contributed by atoms with van der Waals surface area (Å²) in [5, 5.41) is 6.44. The zero-order chi connectivity index (χ0) is 13.1. The van der Waals surface area contributed by atoms with Crippen molar-refractivity contribution in [1.29, 1.82) is 0 Å². The van der Waals surface area contributed by atoms with Crippen molar-refractivity contribution < 1.29 is 4.79 Å². The number of anilines is 1. The van der Waals surface area contributed by atoms with Crippen LogP contribution in [0.4, 0.5) is 5.69 Å². The molecule has 0 spiro atoms. The topological polar surface area (TPSA) is 41.1 Å². The van der Waals surface area contributed by atoms with Gasteiger partial charge in [-0.05, 0) is 68.3 Å². The minimum Gasteiger partial charge on any atom is -0.326 e. The van der Waals surface area contributed by atoms with Gasteiger partial charge in [0.2, 0.25) is 5.91 Å². The third-order valence-electron chi connectivity index (χ3n) is 4.31. The molecule has 1 amide bonds. The molecule has 0 radical (unpaired) electrons. The van der Waals surface area contributed by atoms with E-state index >= 15 is 0 Å². The van der Waals surface area contributed by atoms with E-state index < -0.39 is 0 Å². The number of aryl methyl sites for hydroxylation is 1. The van der Waals surface area contributed by atoms with Crippen molar-refractivity contribution in [2.75, 3.05) is 18.4 Å². The lowest BCUT2D eigenvalue weighted by atomic mass is 9.90. The summed E-state index contributed by atoms with van der Waals surface area (Å²) in [6.07, 6.45) is 6.56. The number of rotatable bonds is 3. The Labute approximate surface area is 114 Å². The van der Waals surface area contributed by atoms with Crippen molar-refractivity contribution in [2.45, 2.75) is 38.5 Å². The van der Waals surface area contributed by atoms with Gasteiger partial charge in [0.15, 0.2) is 0 Å². The molecule has 1 unspecified atom stereocenters. The predicted molar refractivity (Wildman–Crippen MR) is 77.3 cm³/mol. The van der Waals surface area contributed by atoms with E-state index in [1.165, 1.54) is 24.0 Å². The molecule has 2 N–H and O–H groups in total. The molecule has 1 aliphatic heterocycles. The summed E-state index contributed by atoms with van der Waals surface area (Å²) >= 11 is 0. The lowest BCUT2D eigenvalue weighted by molar-refractivity contribution is -0.116. The highest BCUT2D eigenvalue weighted by molar-refractivity contribution is 5.92. The minimum absolute atomic E-state index is 0.174. The maximum absolute atomic E-state index is 12.1. The lowest BCUT2D eigenvalue weighted by Crippen LogP contribution is -2.19. The third kappa shape index (κ3) is 2.98. The Hall–Kier alpha value is -1.35. The second-order valence-electron chi connectivity index (χ2n) is 5.76. The molecule has 19 heavy (non-hydrogen) atoms. The summed E-state index contributed by atoms with van der Waals surface area (Å²) in [6.45, 7) is 2.04. The monoisotopic (exact) mass is 258 g/mol. The van der Waals surface area contributed by atoms with E-state index in [1.54, 1.807) is 0 Å². The zero-order valence-electron chi connectivity index (χ0n) is 11.4. The number of benzene rings is 1. The van der Waals surface area contributed by atoms with Gasteiger partial charge in [-0.3, -0.25) is 4.79 Å². The zero-order valence-corrected chi connectivity index (χ0v) is 11.4. The first-order valence-electron chi connectivity index (χ1n) is 7.44. The van der Waals surface area contributed by atoms with Gasteiger partial charge in [-0.25, -0.2) is 0 Å². The SMILES string of the molecule is O=C(CC1CCNC1)Nc1cccc2c1CCCC2. The standard InChI is InChI=1S/C16H22N2O/c19-16(10-12-8-9-17-11-12)18-15-7-3-5-13-4-1-2-6-14(13)15/h3,5,7,12,17H,1-2,4,6,8-11H2,(H,18,19). The number of fused-ring (bicyclic) bond motifs is 1. The van der Waals surface area contributed by atoms with Crippen LogP contribution in [0, 0.1) is 5.92 Å². The largest absolute Gasteiger partial charge is 0.326 e. The normalized spacial score (nSPS) is 22.0. The van der Waals surface area contributed by atoms with Gasteiger partial charge in [-0.15, -0.1) is 0 Å². The van der Waals surface area contributed by atoms with E-state index in [0.29, 0.717) is 12.3 Å². The Morgan fingerprint density at radius 2 is 2.21 bits per heavy atom. The molecule has 0 aromatic heterocycles. The Balaban J connectivity index is 1.67. The average molecular weight is 258 g/mol. The van der Waals surface area contributed by atoms with Crippen LogP contribution in [-0.4, -0.2) is 19.0 Å². The highest BCUT2D eigenvalue weighted by atomic mass is 16.1. The Bertz CT molecular complexity index is 464. The average Bonchev–Trinajstić information content (AvgIpc) is 2.92. The van der Waals surface area contributed by atoms with Gasteiger partial charge in [-0.2, -0.15) is 0 Å². The molecule has 1 saturated heterocycles. The van der Waals surface area contributed by atoms with Gasteiger partial charge in [0.1, 0.15) is 0 Å². The molecule has 0 saturated carbocycles. The first-order chi connectivity index (χ1) is 9.33. The fraction of sp³-hybridized carbons (Fsp3) is 0.562. The highest BCUT2D eigenvalue weighted by Crippen LogP contribution is 2.28. The molecule has 0 bridgehead atoms. The first-order valence-corrected chi connectivity index (χ1v) is 7.44. The van der Waals surface area contributed by atoms with Crippen LogP contribution < -0.4 is 10.6 Å². The van der Waals surface area contributed by atoms with E-state index in [-0.39, 0.29) is 5.91 Å². The molecule has 3 nitrogen and oxygen atoms in total. The summed E-state index contributed by atoms with van der Waals surface area (Å²) in [5.74, 6) is 0.687. The number of carbonyl (C=O) groups is 1.